The average molecular weight is 406 g/mol. The minimum absolute atomic E-state index is 0.0205. The quantitative estimate of drug-likeness (QED) is 0.670. The molecule has 3 N–H and O–H groups in total. The molecule has 2 heterocycles. The lowest BCUT2D eigenvalue weighted by atomic mass is 9.91. The van der Waals surface area contributed by atoms with Crippen molar-refractivity contribution in [1.29, 1.82) is 0 Å². The van der Waals surface area contributed by atoms with E-state index in [0.717, 1.165) is 19.6 Å². The summed E-state index contributed by atoms with van der Waals surface area (Å²) < 4.78 is 0. The highest BCUT2D eigenvalue weighted by Gasteiger charge is 2.36. The molecule has 0 saturated carbocycles. The van der Waals surface area contributed by atoms with Crippen LogP contribution in [0.3, 0.4) is 0 Å². The number of hydrogen-bond donors (Lipinski definition) is 3. The van der Waals surface area contributed by atoms with Gasteiger partial charge in [0.1, 0.15) is 0 Å². The first-order valence-electron chi connectivity index (χ1n) is 10.4. The molecule has 0 radical (unpaired) electrons. The van der Waals surface area contributed by atoms with Gasteiger partial charge in [0.25, 0.3) is 6.47 Å². The van der Waals surface area contributed by atoms with Crippen LogP contribution >= 0.6 is 0 Å². The molecular formula is C22H35N3O4. The summed E-state index contributed by atoms with van der Waals surface area (Å²) in [5.74, 6) is 0. The smallest absolute Gasteiger partial charge is 0.317 e. The summed E-state index contributed by atoms with van der Waals surface area (Å²) >= 11 is 0. The Morgan fingerprint density at radius 3 is 2.38 bits per heavy atom. The van der Waals surface area contributed by atoms with Crippen LogP contribution in [0.5, 0.6) is 0 Å². The molecule has 29 heavy (non-hydrogen) atoms. The van der Waals surface area contributed by atoms with Gasteiger partial charge in [-0.25, -0.2) is 4.79 Å². The number of rotatable bonds is 4. The summed E-state index contributed by atoms with van der Waals surface area (Å²) in [6, 6.07) is 6.30. The Bertz CT molecular complexity index is 681. The number of nitrogens with zero attached hydrogens (tertiary/aromatic N) is 2. The molecule has 2 aliphatic heterocycles. The number of benzene rings is 1. The van der Waals surface area contributed by atoms with E-state index in [-0.39, 0.29) is 18.5 Å². The topological polar surface area (TPSA) is 93.1 Å². The molecule has 7 nitrogen and oxygen atoms in total. The van der Waals surface area contributed by atoms with Crippen LogP contribution in [-0.4, -0.2) is 70.8 Å². The van der Waals surface area contributed by atoms with Gasteiger partial charge in [-0.1, -0.05) is 23.8 Å². The Kier molecular flexibility index (Phi) is 8.46. The second kappa shape index (κ2) is 10.6. The van der Waals surface area contributed by atoms with E-state index < -0.39 is 5.60 Å². The number of β-amino-alcohol motifs (C(OH)–C–C–N with tert-alkyl or cyclic N) is 1. The van der Waals surface area contributed by atoms with Gasteiger partial charge in [0.15, 0.2) is 0 Å². The molecule has 2 saturated heterocycles. The third-order valence-electron chi connectivity index (χ3n) is 5.94. The van der Waals surface area contributed by atoms with Crippen molar-refractivity contribution >= 4 is 12.5 Å². The Labute approximate surface area is 173 Å². The second-order valence-corrected chi connectivity index (χ2v) is 8.33. The SMILES string of the molecule is Cc1ccc(C)c(C(C)NC(=O)N2CCC(O)(CN3CCCC3)CC2)c1.O=CO. The lowest BCUT2D eigenvalue weighted by molar-refractivity contribution is -0.122. The fourth-order valence-electron chi connectivity index (χ4n) is 4.22. The summed E-state index contributed by atoms with van der Waals surface area (Å²) in [4.78, 5) is 25.2. The minimum atomic E-state index is -0.639. The van der Waals surface area contributed by atoms with Crippen LogP contribution in [0.4, 0.5) is 4.79 Å². The van der Waals surface area contributed by atoms with E-state index in [1.54, 1.807) is 0 Å². The number of hydrogen-bond acceptors (Lipinski definition) is 4. The molecule has 0 aromatic heterocycles. The van der Waals surface area contributed by atoms with Crippen LogP contribution in [0.15, 0.2) is 18.2 Å². The van der Waals surface area contributed by atoms with Crippen molar-refractivity contribution in [1.82, 2.24) is 15.1 Å². The number of aliphatic hydroxyl groups is 1. The highest BCUT2D eigenvalue weighted by Crippen LogP contribution is 2.26. The zero-order valence-electron chi connectivity index (χ0n) is 17.9. The highest BCUT2D eigenvalue weighted by atomic mass is 16.3. The number of carboxylic acid groups (broad SMARTS) is 1. The average Bonchev–Trinajstić information content (AvgIpc) is 3.17. The van der Waals surface area contributed by atoms with Gasteiger partial charge in [0.2, 0.25) is 0 Å². The van der Waals surface area contributed by atoms with Crippen molar-refractivity contribution < 1.29 is 19.8 Å². The van der Waals surface area contributed by atoms with Crippen molar-refractivity contribution in [2.24, 2.45) is 0 Å². The van der Waals surface area contributed by atoms with Crippen molar-refractivity contribution in [2.75, 3.05) is 32.7 Å². The molecule has 1 aromatic rings. The van der Waals surface area contributed by atoms with Crippen molar-refractivity contribution in [2.45, 2.75) is 58.1 Å². The number of carbonyl (C=O) groups is 2. The maximum Gasteiger partial charge on any atom is 0.317 e. The molecule has 0 aliphatic carbocycles. The second-order valence-electron chi connectivity index (χ2n) is 8.33. The molecular weight excluding hydrogens is 370 g/mol. The van der Waals surface area contributed by atoms with Crippen LogP contribution in [0.1, 0.15) is 55.3 Å². The largest absolute Gasteiger partial charge is 0.483 e. The van der Waals surface area contributed by atoms with Gasteiger partial charge >= 0.3 is 6.03 Å². The van der Waals surface area contributed by atoms with E-state index in [1.807, 2.05) is 11.8 Å². The lowest BCUT2D eigenvalue weighted by Gasteiger charge is -2.40. The Morgan fingerprint density at radius 2 is 1.79 bits per heavy atom. The number of likely N-dealkylation sites (tertiary alicyclic amines) is 2. The third-order valence-corrected chi connectivity index (χ3v) is 5.94. The summed E-state index contributed by atoms with van der Waals surface area (Å²) in [6.45, 7) is 10.1. The van der Waals surface area contributed by atoms with E-state index >= 15 is 0 Å². The number of urea groups is 1. The van der Waals surface area contributed by atoms with Crippen LogP contribution in [0.25, 0.3) is 0 Å². The molecule has 162 valence electrons. The lowest BCUT2D eigenvalue weighted by Crippen LogP contribution is -2.53. The maximum atomic E-state index is 12.7. The van der Waals surface area contributed by atoms with Gasteiger partial charge in [-0.15, -0.1) is 0 Å². The summed E-state index contributed by atoms with van der Waals surface area (Å²) in [5.41, 5.74) is 2.93. The van der Waals surface area contributed by atoms with Gasteiger partial charge in [0, 0.05) is 19.6 Å². The van der Waals surface area contributed by atoms with Crippen LogP contribution in [0.2, 0.25) is 0 Å². The number of aryl methyl sites for hydroxylation is 2. The van der Waals surface area contributed by atoms with E-state index in [9.17, 15) is 9.90 Å². The van der Waals surface area contributed by atoms with Crippen LogP contribution < -0.4 is 5.32 Å². The zero-order valence-corrected chi connectivity index (χ0v) is 17.9. The predicted molar refractivity (Wildman–Crippen MR) is 113 cm³/mol. The Hall–Kier alpha value is -2.12. The molecule has 0 bridgehead atoms. The number of amides is 2. The van der Waals surface area contributed by atoms with Crippen molar-refractivity contribution in [3.8, 4) is 0 Å². The monoisotopic (exact) mass is 405 g/mol. The standard InChI is InChI=1S/C21H33N3O2.CH2O2/c1-16-6-7-17(2)19(14-16)18(3)22-20(25)24-12-8-21(26,9-13-24)15-23-10-4-5-11-23;2-1-3/h6-7,14,18,26H,4-5,8-13,15H2,1-3H3,(H,22,25);1H,(H,2,3). The highest BCUT2D eigenvalue weighted by molar-refractivity contribution is 5.75. The molecule has 2 amide bonds. The van der Waals surface area contributed by atoms with Crippen molar-refractivity contribution in [3.63, 3.8) is 0 Å². The van der Waals surface area contributed by atoms with E-state index in [4.69, 9.17) is 9.90 Å². The van der Waals surface area contributed by atoms with Crippen LogP contribution in [-0.2, 0) is 4.79 Å². The zero-order chi connectivity index (χ0) is 21.4. The fraction of sp³-hybridized carbons (Fsp3) is 0.636. The molecule has 1 atom stereocenters. The summed E-state index contributed by atoms with van der Waals surface area (Å²) in [7, 11) is 0. The molecule has 2 fully saturated rings. The third kappa shape index (κ3) is 6.72. The van der Waals surface area contributed by atoms with Gasteiger partial charge < -0.3 is 25.3 Å². The fourth-order valence-corrected chi connectivity index (χ4v) is 4.22. The molecule has 1 aromatic carbocycles. The first-order chi connectivity index (χ1) is 13.8. The summed E-state index contributed by atoms with van der Waals surface area (Å²) in [6.07, 6.45) is 3.80. The maximum absolute atomic E-state index is 12.7. The Balaban J connectivity index is 0.000000941. The van der Waals surface area contributed by atoms with Gasteiger partial charge in [-0.2, -0.15) is 0 Å². The van der Waals surface area contributed by atoms with E-state index in [1.165, 1.54) is 29.5 Å². The molecule has 0 spiro atoms. The first kappa shape index (κ1) is 23.2. The number of nitrogens with one attached hydrogen (secondary N) is 1. The molecule has 3 rings (SSSR count). The minimum Gasteiger partial charge on any atom is -0.483 e. The Morgan fingerprint density at radius 1 is 1.21 bits per heavy atom. The van der Waals surface area contributed by atoms with E-state index in [0.29, 0.717) is 25.9 Å². The van der Waals surface area contributed by atoms with Gasteiger partial charge in [-0.3, -0.25) is 4.79 Å². The first-order valence-corrected chi connectivity index (χ1v) is 10.4. The number of piperidine rings is 1. The molecule has 1 unspecified atom stereocenters. The van der Waals surface area contributed by atoms with Crippen molar-refractivity contribution in [3.05, 3.63) is 34.9 Å². The summed E-state index contributed by atoms with van der Waals surface area (Å²) in [5, 5.41) is 20.9. The predicted octanol–water partition coefficient (Wildman–Crippen LogP) is 2.70. The van der Waals surface area contributed by atoms with E-state index in [2.05, 4.69) is 42.3 Å². The van der Waals surface area contributed by atoms with Gasteiger partial charge in [-0.05, 0) is 70.7 Å². The normalized spacial score (nSPS) is 19.8. The van der Waals surface area contributed by atoms with Gasteiger partial charge in [0.05, 0.1) is 11.6 Å². The number of carbonyl (C=O) groups excluding carboxylic acids is 1. The molecule has 7 heteroatoms. The van der Waals surface area contributed by atoms with Crippen LogP contribution in [0, 0.1) is 13.8 Å². The molecule has 2 aliphatic rings.